The summed E-state index contributed by atoms with van der Waals surface area (Å²) in [6.45, 7) is 0.106. The standard InChI is InChI=1S/C17H20N4O3/c1-20-7-6-11-8-12(4-5-14(11)20)15(22)9-18-16(23)13-10-21(2)19-17(13)24-3/h4-8,10,15,22H,9H2,1-3H3,(H,18,23). The second-order valence-corrected chi connectivity index (χ2v) is 5.70. The number of methoxy groups -OCH3 is 1. The van der Waals surface area contributed by atoms with Crippen LogP contribution in [0.15, 0.2) is 36.7 Å². The van der Waals surface area contributed by atoms with Gasteiger partial charge in [0.1, 0.15) is 5.56 Å². The number of ether oxygens (including phenoxy) is 1. The molecule has 1 atom stereocenters. The minimum atomic E-state index is -0.791. The van der Waals surface area contributed by atoms with E-state index < -0.39 is 6.10 Å². The number of benzene rings is 1. The maximum Gasteiger partial charge on any atom is 0.258 e. The molecule has 3 rings (SSSR count). The molecule has 0 aliphatic carbocycles. The summed E-state index contributed by atoms with van der Waals surface area (Å²) in [5, 5.41) is 18.1. The number of carbonyl (C=O) groups is 1. The van der Waals surface area contributed by atoms with Crippen molar-refractivity contribution >= 4 is 16.8 Å². The Morgan fingerprint density at radius 2 is 2.17 bits per heavy atom. The third kappa shape index (κ3) is 2.98. The van der Waals surface area contributed by atoms with E-state index in [2.05, 4.69) is 10.4 Å². The van der Waals surface area contributed by atoms with Crippen LogP contribution in [0.2, 0.25) is 0 Å². The lowest BCUT2D eigenvalue weighted by Crippen LogP contribution is -2.28. The number of rotatable bonds is 5. The first-order valence-corrected chi connectivity index (χ1v) is 7.58. The molecule has 1 unspecified atom stereocenters. The number of carbonyl (C=O) groups excluding carboxylic acids is 1. The van der Waals surface area contributed by atoms with E-state index in [9.17, 15) is 9.90 Å². The Labute approximate surface area is 139 Å². The molecule has 0 fully saturated rings. The first-order chi connectivity index (χ1) is 11.5. The number of hydrogen-bond donors (Lipinski definition) is 2. The zero-order valence-corrected chi connectivity index (χ0v) is 13.9. The molecular formula is C17H20N4O3. The Morgan fingerprint density at radius 3 is 2.92 bits per heavy atom. The lowest BCUT2D eigenvalue weighted by molar-refractivity contribution is 0.0913. The summed E-state index contributed by atoms with van der Waals surface area (Å²) in [4.78, 5) is 12.2. The number of aromatic nitrogens is 3. The third-order valence-electron chi connectivity index (χ3n) is 3.98. The molecule has 2 aromatic heterocycles. The molecule has 0 saturated carbocycles. The number of aliphatic hydroxyl groups is 1. The topological polar surface area (TPSA) is 81.3 Å². The molecule has 1 amide bonds. The lowest BCUT2D eigenvalue weighted by atomic mass is 10.1. The minimum Gasteiger partial charge on any atom is -0.479 e. The van der Waals surface area contributed by atoms with Gasteiger partial charge < -0.3 is 19.7 Å². The fraction of sp³-hybridized carbons (Fsp3) is 0.294. The predicted octanol–water partition coefficient (Wildman–Crippen LogP) is 1.38. The molecule has 0 bridgehead atoms. The molecule has 0 radical (unpaired) electrons. The van der Waals surface area contributed by atoms with Crippen molar-refractivity contribution in [1.29, 1.82) is 0 Å². The lowest BCUT2D eigenvalue weighted by Gasteiger charge is -2.12. The van der Waals surface area contributed by atoms with Gasteiger partial charge in [-0.2, -0.15) is 0 Å². The highest BCUT2D eigenvalue weighted by Gasteiger charge is 2.18. The van der Waals surface area contributed by atoms with Crippen molar-refractivity contribution in [3.63, 3.8) is 0 Å². The Bertz CT molecular complexity index is 881. The van der Waals surface area contributed by atoms with Crippen LogP contribution in [0.1, 0.15) is 22.0 Å². The zero-order chi connectivity index (χ0) is 17.3. The van der Waals surface area contributed by atoms with Crippen LogP contribution >= 0.6 is 0 Å². The molecular weight excluding hydrogens is 308 g/mol. The average molecular weight is 328 g/mol. The highest BCUT2D eigenvalue weighted by Crippen LogP contribution is 2.21. The monoisotopic (exact) mass is 328 g/mol. The number of nitrogens with zero attached hydrogens (tertiary/aromatic N) is 3. The van der Waals surface area contributed by atoms with Gasteiger partial charge in [-0.1, -0.05) is 6.07 Å². The molecule has 24 heavy (non-hydrogen) atoms. The molecule has 7 heteroatoms. The summed E-state index contributed by atoms with van der Waals surface area (Å²) in [6.07, 6.45) is 2.76. The fourth-order valence-corrected chi connectivity index (χ4v) is 2.68. The van der Waals surface area contributed by atoms with Crippen molar-refractivity contribution in [2.24, 2.45) is 14.1 Å². The number of nitrogens with one attached hydrogen (secondary N) is 1. The normalized spacial score (nSPS) is 12.3. The van der Waals surface area contributed by atoms with Crippen LogP contribution in [-0.2, 0) is 14.1 Å². The molecule has 7 nitrogen and oxygen atoms in total. The molecule has 3 aromatic rings. The smallest absolute Gasteiger partial charge is 0.258 e. The van der Waals surface area contributed by atoms with Crippen LogP contribution in [0.3, 0.4) is 0 Å². The van der Waals surface area contributed by atoms with Crippen LogP contribution in [0, 0.1) is 0 Å². The van der Waals surface area contributed by atoms with Gasteiger partial charge in [0.2, 0.25) is 5.88 Å². The quantitative estimate of drug-likeness (QED) is 0.741. The van der Waals surface area contributed by atoms with E-state index in [1.165, 1.54) is 11.8 Å². The van der Waals surface area contributed by atoms with Crippen molar-refractivity contribution in [3.8, 4) is 5.88 Å². The number of amides is 1. The molecule has 0 spiro atoms. The highest BCUT2D eigenvalue weighted by molar-refractivity contribution is 5.96. The van der Waals surface area contributed by atoms with Crippen LogP contribution in [-0.4, -0.2) is 39.0 Å². The Morgan fingerprint density at radius 1 is 1.38 bits per heavy atom. The summed E-state index contributed by atoms with van der Waals surface area (Å²) in [6, 6.07) is 7.74. The molecule has 0 aliphatic rings. The van der Waals surface area contributed by atoms with E-state index >= 15 is 0 Å². The minimum absolute atomic E-state index is 0.106. The van der Waals surface area contributed by atoms with Crippen LogP contribution in [0.5, 0.6) is 5.88 Å². The van der Waals surface area contributed by atoms with Crippen LogP contribution < -0.4 is 10.1 Å². The average Bonchev–Trinajstić information content (AvgIpc) is 3.14. The number of aliphatic hydroxyl groups excluding tert-OH is 1. The van der Waals surface area contributed by atoms with E-state index in [0.717, 1.165) is 16.5 Å². The number of fused-ring (bicyclic) bond motifs is 1. The van der Waals surface area contributed by atoms with Crippen LogP contribution in [0.4, 0.5) is 0 Å². The van der Waals surface area contributed by atoms with Gasteiger partial charge in [-0.15, -0.1) is 5.10 Å². The van der Waals surface area contributed by atoms with E-state index in [1.54, 1.807) is 13.2 Å². The van der Waals surface area contributed by atoms with Gasteiger partial charge in [0.25, 0.3) is 5.91 Å². The number of hydrogen-bond acceptors (Lipinski definition) is 4. The third-order valence-corrected chi connectivity index (χ3v) is 3.98. The first-order valence-electron chi connectivity index (χ1n) is 7.58. The Kier molecular flexibility index (Phi) is 4.26. The van der Waals surface area contributed by atoms with Crippen molar-refractivity contribution in [2.45, 2.75) is 6.10 Å². The predicted molar refractivity (Wildman–Crippen MR) is 90.0 cm³/mol. The first kappa shape index (κ1) is 16.1. The molecule has 2 heterocycles. The Hall–Kier alpha value is -2.80. The zero-order valence-electron chi connectivity index (χ0n) is 13.9. The largest absolute Gasteiger partial charge is 0.479 e. The van der Waals surface area contributed by atoms with Crippen molar-refractivity contribution in [2.75, 3.05) is 13.7 Å². The highest BCUT2D eigenvalue weighted by atomic mass is 16.5. The maximum absolute atomic E-state index is 12.2. The van der Waals surface area contributed by atoms with E-state index in [0.29, 0.717) is 5.56 Å². The summed E-state index contributed by atoms with van der Waals surface area (Å²) in [5.41, 5.74) is 2.19. The molecule has 2 N–H and O–H groups in total. The van der Waals surface area contributed by atoms with Gasteiger partial charge in [-0.05, 0) is 29.1 Å². The molecule has 126 valence electrons. The summed E-state index contributed by atoms with van der Waals surface area (Å²) >= 11 is 0. The van der Waals surface area contributed by atoms with Crippen molar-refractivity contribution in [1.82, 2.24) is 19.7 Å². The van der Waals surface area contributed by atoms with Crippen LogP contribution in [0.25, 0.3) is 10.9 Å². The summed E-state index contributed by atoms with van der Waals surface area (Å²) < 4.78 is 8.59. The SMILES string of the molecule is COc1nn(C)cc1C(=O)NCC(O)c1ccc2c(ccn2C)c1. The van der Waals surface area contributed by atoms with Crippen molar-refractivity contribution in [3.05, 3.63) is 47.8 Å². The second kappa shape index (κ2) is 6.37. The van der Waals surface area contributed by atoms with Gasteiger partial charge in [0.15, 0.2) is 0 Å². The second-order valence-electron chi connectivity index (χ2n) is 5.70. The van der Waals surface area contributed by atoms with Gasteiger partial charge in [0.05, 0.1) is 13.2 Å². The molecule has 1 aromatic carbocycles. The van der Waals surface area contributed by atoms with Crippen molar-refractivity contribution < 1.29 is 14.6 Å². The summed E-state index contributed by atoms with van der Waals surface area (Å²) in [7, 11) is 5.15. The molecule has 0 saturated heterocycles. The maximum atomic E-state index is 12.2. The van der Waals surface area contributed by atoms with E-state index in [4.69, 9.17) is 4.74 Å². The van der Waals surface area contributed by atoms with Gasteiger partial charge in [-0.25, -0.2) is 0 Å². The Balaban J connectivity index is 1.69. The van der Waals surface area contributed by atoms with Gasteiger partial charge >= 0.3 is 0 Å². The molecule has 0 aliphatic heterocycles. The van der Waals surface area contributed by atoms with Gasteiger partial charge in [-0.3, -0.25) is 9.48 Å². The fourth-order valence-electron chi connectivity index (χ4n) is 2.68. The van der Waals surface area contributed by atoms with Gasteiger partial charge in [0, 0.05) is 38.6 Å². The number of aryl methyl sites for hydroxylation is 2. The van der Waals surface area contributed by atoms with E-state index in [1.807, 2.05) is 42.1 Å². The van der Waals surface area contributed by atoms with E-state index in [-0.39, 0.29) is 18.3 Å². The summed E-state index contributed by atoms with van der Waals surface area (Å²) in [5.74, 6) is -0.0741.